The molecule has 0 fully saturated rings. The molecule has 1 amide bonds. The fourth-order valence-electron chi connectivity index (χ4n) is 2.36. The molecule has 0 bridgehead atoms. The van der Waals surface area contributed by atoms with Gasteiger partial charge in [-0.1, -0.05) is 59.4 Å². The van der Waals surface area contributed by atoms with Gasteiger partial charge in [0, 0.05) is 22.2 Å². The van der Waals surface area contributed by atoms with E-state index in [4.69, 9.17) is 16.3 Å². The molecule has 1 aliphatic rings. The molecule has 27 heavy (non-hydrogen) atoms. The highest BCUT2D eigenvalue weighted by molar-refractivity contribution is 8.38. The predicted molar refractivity (Wildman–Crippen MR) is 113 cm³/mol. The molecule has 0 spiro atoms. The summed E-state index contributed by atoms with van der Waals surface area (Å²) in [5.41, 5.74) is 1.87. The smallest absolute Gasteiger partial charge is 0.338 e. The van der Waals surface area contributed by atoms with Crippen LogP contribution in [0.1, 0.15) is 15.9 Å². The second-order valence-electron chi connectivity index (χ2n) is 5.58. The summed E-state index contributed by atoms with van der Waals surface area (Å²) in [5, 5.41) is 3.16. The molecular weight excluding hydrogens is 404 g/mol. The van der Waals surface area contributed by atoms with Crippen LogP contribution in [0.2, 0.25) is 5.02 Å². The maximum atomic E-state index is 12.4. The Hall–Kier alpha value is -1.96. The number of aliphatic imine (C=N–C) groups is 1. The Morgan fingerprint density at radius 3 is 2.85 bits per heavy atom. The molecule has 0 aromatic heterocycles. The summed E-state index contributed by atoms with van der Waals surface area (Å²) in [7, 11) is 0. The third-order valence-electron chi connectivity index (χ3n) is 3.59. The third kappa shape index (κ3) is 6.02. The number of halogens is 1. The number of hydrogen-bond acceptors (Lipinski definition) is 6. The minimum absolute atomic E-state index is 0.366. The standard InChI is InChI=1S/C19H17ClN2O3S2/c20-14-5-3-6-15(10-14)22-17(23)11-25-18(24)16-7-2-1-4-13(16)12-27-19-21-8-9-26-19/h1-7,10H,8-9,11-12H2,(H,22,23). The van der Waals surface area contributed by atoms with E-state index < -0.39 is 11.9 Å². The molecule has 0 aliphatic carbocycles. The van der Waals surface area contributed by atoms with Crippen molar-refractivity contribution in [3.8, 4) is 0 Å². The van der Waals surface area contributed by atoms with E-state index in [-0.39, 0.29) is 6.61 Å². The zero-order chi connectivity index (χ0) is 19.1. The number of nitrogens with zero attached hydrogens (tertiary/aromatic N) is 1. The van der Waals surface area contributed by atoms with E-state index in [1.807, 2.05) is 12.1 Å². The van der Waals surface area contributed by atoms with Crippen LogP contribution in [-0.2, 0) is 15.3 Å². The van der Waals surface area contributed by atoms with Crippen molar-refractivity contribution in [3.05, 3.63) is 64.7 Å². The number of amides is 1. The van der Waals surface area contributed by atoms with E-state index in [9.17, 15) is 9.59 Å². The Bertz CT molecular complexity index is 874. The molecule has 2 aromatic carbocycles. The van der Waals surface area contributed by atoms with Crippen LogP contribution in [0.5, 0.6) is 0 Å². The van der Waals surface area contributed by atoms with Gasteiger partial charge in [-0.2, -0.15) is 0 Å². The van der Waals surface area contributed by atoms with Crippen LogP contribution in [0, 0.1) is 0 Å². The number of carbonyl (C=O) groups is 2. The highest BCUT2D eigenvalue weighted by atomic mass is 35.5. The minimum atomic E-state index is -0.520. The van der Waals surface area contributed by atoms with Gasteiger partial charge in [0.15, 0.2) is 6.61 Å². The van der Waals surface area contributed by atoms with Crippen molar-refractivity contribution in [2.75, 3.05) is 24.2 Å². The molecule has 0 saturated heterocycles. The number of benzene rings is 2. The average molecular weight is 421 g/mol. The molecule has 0 radical (unpaired) electrons. The zero-order valence-corrected chi connectivity index (χ0v) is 16.7. The molecule has 0 unspecified atom stereocenters. The summed E-state index contributed by atoms with van der Waals surface area (Å²) >= 11 is 9.22. The lowest BCUT2D eigenvalue weighted by Gasteiger charge is -2.10. The first-order chi connectivity index (χ1) is 13.1. The first-order valence-corrected chi connectivity index (χ1v) is 10.6. The van der Waals surface area contributed by atoms with Gasteiger partial charge in [0.25, 0.3) is 5.91 Å². The zero-order valence-electron chi connectivity index (χ0n) is 14.3. The number of rotatable bonds is 6. The molecule has 3 rings (SSSR count). The quantitative estimate of drug-likeness (QED) is 0.698. The Morgan fingerprint density at radius 2 is 2.07 bits per heavy atom. The first-order valence-electron chi connectivity index (χ1n) is 8.22. The van der Waals surface area contributed by atoms with Crippen LogP contribution in [0.15, 0.2) is 53.5 Å². The first kappa shape index (κ1) is 19.8. The summed E-state index contributed by atoms with van der Waals surface area (Å²) in [6.45, 7) is 0.480. The summed E-state index contributed by atoms with van der Waals surface area (Å²) in [6, 6.07) is 14.0. The van der Waals surface area contributed by atoms with Crippen molar-refractivity contribution >= 4 is 57.1 Å². The van der Waals surface area contributed by atoms with Gasteiger partial charge in [-0.05, 0) is 29.8 Å². The van der Waals surface area contributed by atoms with E-state index in [1.165, 1.54) is 0 Å². The number of esters is 1. The monoisotopic (exact) mass is 420 g/mol. The summed E-state index contributed by atoms with van der Waals surface area (Å²) in [5.74, 6) is 0.696. The summed E-state index contributed by atoms with van der Waals surface area (Å²) in [6.07, 6.45) is 0. The molecule has 140 valence electrons. The number of nitrogens with one attached hydrogen (secondary N) is 1. The Morgan fingerprint density at radius 1 is 1.22 bits per heavy atom. The maximum Gasteiger partial charge on any atom is 0.338 e. The van der Waals surface area contributed by atoms with Gasteiger partial charge >= 0.3 is 5.97 Å². The van der Waals surface area contributed by atoms with Crippen molar-refractivity contribution in [1.29, 1.82) is 0 Å². The largest absolute Gasteiger partial charge is 0.452 e. The van der Waals surface area contributed by atoms with Crippen LogP contribution in [0.3, 0.4) is 0 Å². The Balaban J connectivity index is 1.55. The third-order valence-corrected chi connectivity index (χ3v) is 6.13. The number of carbonyl (C=O) groups excluding carboxylic acids is 2. The van der Waals surface area contributed by atoms with Crippen LogP contribution < -0.4 is 5.32 Å². The fraction of sp³-hybridized carbons (Fsp3) is 0.211. The molecule has 0 atom stereocenters. The fourth-order valence-corrected chi connectivity index (χ4v) is 4.56. The Labute approximate surface area is 170 Å². The lowest BCUT2D eigenvalue weighted by Crippen LogP contribution is -2.21. The minimum Gasteiger partial charge on any atom is -0.452 e. The van der Waals surface area contributed by atoms with Gasteiger partial charge in [0.05, 0.1) is 12.1 Å². The van der Waals surface area contributed by atoms with E-state index in [1.54, 1.807) is 59.9 Å². The second kappa shape index (κ2) is 9.82. The predicted octanol–water partition coefficient (Wildman–Crippen LogP) is 4.47. The molecular formula is C19H17ClN2O3S2. The highest BCUT2D eigenvalue weighted by Crippen LogP contribution is 2.26. The van der Waals surface area contributed by atoms with Gasteiger partial charge in [0.2, 0.25) is 0 Å². The van der Waals surface area contributed by atoms with Gasteiger partial charge in [-0.15, -0.1) is 0 Å². The molecule has 1 N–H and O–H groups in total. The lowest BCUT2D eigenvalue weighted by atomic mass is 10.1. The molecule has 1 aliphatic heterocycles. The van der Waals surface area contributed by atoms with E-state index in [0.29, 0.717) is 22.0 Å². The van der Waals surface area contributed by atoms with Crippen molar-refractivity contribution in [2.24, 2.45) is 4.99 Å². The number of thioether (sulfide) groups is 2. The van der Waals surface area contributed by atoms with Crippen LogP contribution in [-0.4, -0.2) is 35.2 Å². The van der Waals surface area contributed by atoms with Gasteiger partial charge in [-0.3, -0.25) is 9.79 Å². The van der Waals surface area contributed by atoms with Crippen LogP contribution in [0.4, 0.5) is 5.69 Å². The second-order valence-corrected chi connectivity index (χ2v) is 8.32. The molecule has 1 heterocycles. The van der Waals surface area contributed by atoms with Gasteiger partial charge < -0.3 is 10.1 Å². The van der Waals surface area contributed by atoms with Crippen molar-refractivity contribution in [1.82, 2.24) is 0 Å². The van der Waals surface area contributed by atoms with E-state index in [2.05, 4.69) is 10.3 Å². The molecule has 5 nitrogen and oxygen atoms in total. The molecule has 0 saturated carbocycles. The highest BCUT2D eigenvalue weighted by Gasteiger charge is 2.16. The number of anilines is 1. The normalized spacial score (nSPS) is 13.1. The van der Waals surface area contributed by atoms with Crippen LogP contribution >= 0.6 is 35.1 Å². The van der Waals surface area contributed by atoms with Crippen LogP contribution in [0.25, 0.3) is 0 Å². The SMILES string of the molecule is O=C(COC(=O)c1ccccc1CSC1=NCCS1)Nc1cccc(Cl)c1. The van der Waals surface area contributed by atoms with Crippen molar-refractivity contribution in [3.63, 3.8) is 0 Å². The number of hydrogen-bond donors (Lipinski definition) is 1. The molecule has 8 heteroatoms. The van der Waals surface area contributed by atoms with E-state index >= 15 is 0 Å². The Kier molecular flexibility index (Phi) is 7.20. The summed E-state index contributed by atoms with van der Waals surface area (Å²) in [4.78, 5) is 28.8. The van der Waals surface area contributed by atoms with E-state index in [0.717, 1.165) is 22.2 Å². The lowest BCUT2D eigenvalue weighted by molar-refractivity contribution is -0.119. The van der Waals surface area contributed by atoms with Crippen molar-refractivity contribution < 1.29 is 14.3 Å². The topological polar surface area (TPSA) is 67.8 Å². The van der Waals surface area contributed by atoms with Gasteiger partial charge in [0.1, 0.15) is 4.38 Å². The van der Waals surface area contributed by atoms with Crippen molar-refractivity contribution in [2.45, 2.75) is 5.75 Å². The van der Waals surface area contributed by atoms with Gasteiger partial charge in [-0.25, -0.2) is 4.79 Å². The maximum absolute atomic E-state index is 12.4. The number of ether oxygens (including phenoxy) is 1. The molecule has 2 aromatic rings. The summed E-state index contributed by atoms with van der Waals surface area (Å²) < 4.78 is 6.22. The average Bonchev–Trinajstić information content (AvgIpc) is 3.18.